The van der Waals surface area contributed by atoms with Gasteiger partial charge in [0, 0.05) is 6.42 Å². The lowest BCUT2D eigenvalue weighted by Crippen LogP contribution is -2.35. The molecule has 0 heterocycles. The van der Waals surface area contributed by atoms with Gasteiger partial charge in [-0.15, -0.1) is 0 Å². The maximum atomic E-state index is 10.2. The first-order chi connectivity index (χ1) is 14.3. The van der Waals surface area contributed by atoms with E-state index in [4.69, 9.17) is 0 Å². The standard InChI is InChI=1S/C27H40O3/c1-17(6-13-25(29)20-8-9-20)23-11-12-24-19(5-4-14-27(23,24)3)7-10-21-15-22(28)16-26(30)18(21)2/h6-7,10,13,17,20,22-26,28-30H,2,4-5,8-9,11-12,14-16H2,1,3H3/t17?,22?,23?,24-,25?,26?,27+/m0/s1. The second-order valence-electron chi connectivity index (χ2n) is 10.7. The first kappa shape index (κ1) is 22.0. The molecule has 0 aliphatic heterocycles. The van der Waals surface area contributed by atoms with Crippen molar-refractivity contribution in [3.05, 3.63) is 47.6 Å². The van der Waals surface area contributed by atoms with Crippen LogP contribution < -0.4 is 0 Å². The van der Waals surface area contributed by atoms with E-state index in [-0.39, 0.29) is 6.10 Å². The van der Waals surface area contributed by atoms with E-state index in [0.29, 0.717) is 41.9 Å². The molecule has 0 radical (unpaired) electrons. The second-order valence-corrected chi connectivity index (χ2v) is 10.7. The summed E-state index contributed by atoms with van der Waals surface area (Å²) in [4.78, 5) is 0. The average molecular weight is 413 g/mol. The summed E-state index contributed by atoms with van der Waals surface area (Å²) in [5, 5.41) is 30.4. The van der Waals surface area contributed by atoms with Crippen molar-refractivity contribution in [3.8, 4) is 0 Å². The summed E-state index contributed by atoms with van der Waals surface area (Å²) in [5.41, 5.74) is 3.63. The molecule has 5 unspecified atom stereocenters. The van der Waals surface area contributed by atoms with Crippen molar-refractivity contribution < 1.29 is 15.3 Å². The van der Waals surface area contributed by atoms with E-state index in [1.807, 2.05) is 0 Å². The molecule has 4 aliphatic rings. The molecule has 7 atom stereocenters. The summed E-state index contributed by atoms with van der Waals surface area (Å²) in [6, 6.07) is 0. The summed E-state index contributed by atoms with van der Waals surface area (Å²) in [7, 11) is 0. The minimum Gasteiger partial charge on any atom is -0.393 e. The maximum Gasteiger partial charge on any atom is 0.0811 e. The molecule has 0 amide bonds. The molecule has 0 aromatic rings. The quantitative estimate of drug-likeness (QED) is 0.551. The fourth-order valence-corrected chi connectivity index (χ4v) is 6.63. The van der Waals surface area contributed by atoms with Gasteiger partial charge < -0.3 is 15.3 Å². The van der Waals surface area contributed by atoms with Crippen molar-refractivity contribution in [2.24, 2.45) is 29.1 Å². The Morgan fingerprint density at radius 3 is 2.60 bits per heavy atom. The summed E-state index contributed by atoms with van der Waals surface area (Å²) < 4.78 is 0. The van der Waals surface area contributed by atoms with Crippen LogP contribution in [0.3, 0.4) is 0 Å². The molecule has 3 heteroatoms. The molecule has 3 N–H and O–H groups in total. The highest BCUT2D eigenvalue weighted by atomic mass is 16.3. The molecule has 0 bridgehead atoms. The van der Waals surface area contributed by atoms with Crippen LogP contribution in [0.1, 0.15) is 71.6 Å². The van der Waals surface area contributed by atoms with Gasteiger partial charge >= 0.3 is 0 Å². The van der Waals surface area contributed by atoms with Gasteiger partial charge in [0.05, 0.1) is 18.3 Å². The number of hydrogen-bond acceptors (Lipinski definition) is 3. The van der Waals surface area contributed by atoms with Gasteiger partial charge in [0.1, 0.15) is 0 Å². The summed E-state index contributed by atoms with van der Waals surface area (Å²) >= 11 is 0. The van der Waals surface area contributed by atoms with Gasteiger partial charge in [-0.2, -0.15) is 0 Å². The van der Waals surface area contributed by atoms with Gasteiger partial charge in [-0.1, -0.05) is 50.3 Å². The topological polar surface area (TPSA) is 60.7 Å². The third kappa shape index (κ3) is 4.40. The minimum atomic E-state index is -0.621. The first-order valence-electron chi connectivity index (χ1n) is 12.1. The van der Waals surface area contributed by atoms with Crippen LogP contribution in [0.15, 0.2) is 47.6 Å². The van der Waals surface area contributed by atoms with E-state index in [1.165, 1.54) is 44.1 Å². The van der Waals surface area contributed by atoms with E-state index in [9.17, 15) is 15.3 Å². The van der Waals surface area contributed by atoms with Crippen molar-refractivity contribution in [1.82, 2.24) is 0 Å². The molecule has 0 aromatic carbocycles. The van der Waals surface area contributed by atoms with Crippen LogP contribution in [0, 0.1) is 29.1 Å². The number of aliphatic hydroxyl groups is 3. The van der Waals surface area contributed by atoms with Crippen molar-refractivity contribution >= 4 is 0 Å². The third-order valence-corrected chi connectivity index (χ3v) is 8.65. The number of fused-ring (bicyclic) bond motifs is 1. The number of aliphatic hydroxyl groups excluding tert-OH is 3. The summed E-state index contributed by atoms with van der Waals surface area (Å²) in [6.07, 6.45) is 16.9. The molecule has 0 spiro atoms. The molecule has 4 aliphatic carbocycles. The maximum absolute atomic E-state index is 10.2. The van der Waals surface area contributed by atoms with Gasteiger partial charge in [0.2, 0.25) is 0 Å². The van der Waals surface area contributed by atoms with Crippen molar-refractivity contribution in [2.45, 2.75) is 89.9 Å². The highest BCUT2D eigenvalue weighted by Gasteiger charge is 2.50. The normalized spacial score (nSPS) is 42.1. The molecular formula is C27H40O3. The predicted molar refractivity (Wildman–Crippen MR) is 122 cm³/mol. The Kier molecular flexibility index (Phi) is 6.44. The minimum absolute atomic E-state index is 0.250. The number of allylic oxidation sites excluding steroid dienone is 4. The molecule has 30 heavy (non-hydrogen) atoms. The molecule has 4 saturated carbocycles. The first-order valence-corrected chi connectivity index (χ1v) is 12.1. The Balaban J connectivity index is 1.48. The fraction of sp³-hybridized carbons (Fsp3) is 0.704. The largest absolute Gasteiger partial charge is 0.393 e. The Morgan fingerprint density at radius 2 is 1.87 bits per heavy atom. The van der Waals surface area contributed by atoms with E-state index in [1.54, 1.807) is 0 Å². The molecule has 3 nitrogen and oxygen atoms in total. The van der Waals surface area contributed by atoms with E-state index >= 15 is 0 Å². The number of hydrogen-bond donors (Lipinski definition) is 3. The van der Waals surface area contributed by atoms with Gasteiger partial charge in [-0.25, -0.2) is 0 Å². The Bertz CT molecular complexity index is 743. The summed E-state index contributed by atoms with van der Waals surface area (Å²) in [5.74, 6) is 2.28. The average Bonchev–Trinajstić information content (AvgIpc) is 3.49. The predicted octanol–water partition coefficient (Wildman–Crippen LogP) is 5.09. The van der Waals surface area contributed by atoms with Crippen LogP contribution in [0.4, 0.5) is 0 Å². The van der Waals surface area contributed by atoms with Crippen LogP contribution in [0.2, 0.25) is 0 Å². The zero-order valence-corrected chi connectivity index (χ0v) is 18.8. The lowest BCUT2D eigenvalue weighted by atomic mass is 9.61. The Hall–Kier alpha value is -1.16. The molecule has 0 aromatic heterocycles. The SMILES string of the molecule is C=C1C(=CC=C2CCC[C@]3(C)C(C(C)C=CC(O)C4CC4)CC[C@@H]23)CC(O)CC1O. The fourth-order valence-electron chi connectivity index (χ4n) is 6.63. The third-order valence-electron chi connectivity index (χ3n) is 8.65. The molecule has 4 fully saturated rings. The lowest BCUT2D eigenvalue weighted by molar-refractivity contribution is 0.0862. The molecule has 166 valence electrons. The van der Waals surface area contributed by atoms with Crippen LogP contribution in [0.25, 0.3) is 0 Å². The van der Waals surface area contributed by atoms with Gasteiger partial charge in [0.25, 0.3) is 0 Å². The Morgan fingerprint density at radius 1 is 1.10 bits per heavy atom. The van der Waals surface area contributed by atoms with E-state index in [2.05, 4.69) is 44.7 Å². The lowest BCUT2D eigenvalue weighted by Gasteiger charge is -2.44. The van der Waals surface area contributed by atoms with Crippen LogP contribution >= 0.6 is 0 Å². The van der Waals surface area contributed by atoms with Crippen LogP contribution in [0.5, 0.6) is 0 Å². The van der Waals surface area contributed by atoms with Crippen molar-refractivity contribution in [3.63, 3.8) is 0 Å². The van der Waals surface area contributed by atoms with Gasteiger partial charge in [-0.05, 0) is 91.6 Å². The van der Waals surface area contributed by atoms with Gasteiger partial charge in [0.15, 0.2) is 0 Å². The van der Waals surface area contributed by atoms with Crippen LogP contribution in [-0.4, -0.2) is 33.6 Å². The summed E-state index contributed by atoms with van der Waals surface area (Å²) in [6.45, 7) is 8.88. The molecule has 0 saturated heterocycles. The second kappa shape index (κ2) is 8.76. The zero-order valence-electron chi connectivity index (χ0n) is 18.8. The van der Waals surface area contributed by atoms with Crippen molar-refractivity contribution in [2.75, 3.05) is 0 Å². The smallest absolute Gasteiger partial charge is 0.0811 e. The highest BCUT2D eigenvalue weighted by molar-refractivity contribution is 5.38. The highest BCUT2D eigenvalue weighted by Crippen LogP contribution is 2.59. The van der Waals surface area contributed by atoms with Crippen LogP contribution in [-0.2, 0) is 0 Å². The zero-order chi connectivity index (χ0) is 21.5. The monoisotopic (exact) mass is 412 g/mol. The number of rotatable bonds is 5. The molecular weight excluding hydrogens is 372 g/mol. The van der Waals surface area contributed by atoms with Crippen molar-refractivity contribution in [1.29, 1.82) is 0 Å². The van der Waals surface area contributed by atoms with E-state index in [0.717, 1.165) is 17.6 Å². The Labute approximate surface area is 182 Å². The van der Waals surface area contributed by atoms with Gasteiger partial charge in [-0.3, -0.25) is 0 Å². The van der Waals surface area contributed by atoms with E-state index < -0.39 is 12.2 Å². The molecule has 4 rings (SSSR count).